The van der Waals surface area contributed by atoms with Crippen LogP contribution < -0.4 is 25.4 Å². The zero-order chi connectivity index (χ0) is 62.6. The molecular weight excluding hydrogens is 1220 g/mol. The Morgan fingerprint density at radius 3 is 2.07 bits per heavy atom. The highest BCUT2D eigenvalue weighted by Gasteiger charge is 2.41. The largest absolute Gasteiger partial charge is 0.457 e. The summed E-state index contributed by atoms with van der Waals surface area (Å²) in [6, 6.07) is 16.5. The van der Waals surface area contributed by atoms with Gasteiger partial charge in [-0.25, -0.2) is 13.6 Å². The summed E-state index contributed by atoms with van der Waals surface area (Å²) in [6.45, 7) is 8.40. The van der Waals surface area contributed by atoms with Gasteiger partial charge in [0.2, 0.25) is 15.4 Å². The molecule has 85 heavy (non-hydrogen) atoms. The molecule has 0 atom stereocenters. The Kier molecular flexibility index (Phi) is 22.9. The van der Waals surface area contributed by atoms with Crippen LogP contribution in [0.2, 0.25) is 0 Å². The number of ether oxygens (including phenoxy) is 1. The monoisotopic (exact) mass is 1290 g/mol. The van der Waals surface area contributed by atoms with Crippen molar-refractivity contribution in [3.8, 4) is 5.75 Å². The number of anilines is 2. The lowest BCUT2D eigenvalue weighted by Gasteiger charge is -2.28. The second-order valence-corrected chi connectivity index (χ2v) is 30.2. The number of sulfonamides is 1. The summed E-state index contributed by atoms with van der Waals surface area (Å²) in [4.78, 5) is 32.1. The van der Waals surface area contributed by atoms with E-state index in [-0.39, 0.29) is 64.8 Å². The third-order valence-corrected chi connectivity index (χ3v) is 19.7. The van der Waals surface area contributed by atoms with E-state index in [9.17, 15) is 69.9 Å². The zero-order valence-corrected chi connectivity index (χ0v) is 52.2. The van der Waals surface area contributed by atoms with Crippen LogP contribution in [0.5, 0.6) is 5.75 Å². The van der Waals surface area contributed by atoms with Crippen LogP contribution in [0, 0.1) is 0 Å². The number of aromatic nitrogens is 2. The molecule has 0 unspecified atom stereocenters. The number of carbonyl (C=O) groups excluding carboxylic acids is 2. The van der Waals surface area contributed by atoms with E-state index < -0.39 is 77.2 Å². The summed E-state index contributed by atoms with van der Waals surface area (Å²) in [6.07, 6.45) is 13.5. The number of allylic oxidation sites excluding steroid dienone is 7. The van der Waals surface area contributed by atoms with Gasteiger partial charge in [0.05, 0.1) is 21.3 Å². The Morgan fingerprint density at radius 1 is 0.776 bits per heavy atom. The molecule has 30 heteroatoms. The highest BCUT2D eigenvalue weighted by Crippen LogP contribution is 2.49. The molecule has 6 rings (SSSR count). The van der Waals surface area contributed by atoms with Crippen LogP contribution in [0.3, 0.4) is 0 Å². The van der Waals surface area contributed by atoms with Crippen LogP contribution in [-0.4, -0.2) is 119 Å². The minimum absolute atomic E-state index is 0.0316. The van der Waals surface area contributed by atoms with Crippen molar-refractivity contribution in [1.82, 2.24) is 15.5 Å². The topological polar surface area (TPSA) is 386 Å². The van der Waals surface area contributed by atoms with Crippen LogP contribution in [-0.2, 0) is 66.1 Å². The van der Waals surface area contributed by atoms with Crippen molar-refractivity contribution in [3.63, 3.8) is 0 Å². The standard InChI is InChI=1S/C55H71N7O17S6/c1-54(2,41-19-15-18-40(36-41)51(64)58-32-9-7-5-6-8-20-49(63)59-52-60-61-53(80-52)83(56,71)72)47(57-31-10-12-34-81(65,66)67)29-21-38-16-14-17-39(50(38)79-42-23-25-43(26-24-42)84(73,74)75)22-30-48-55(3,4)45-37-44(85(76,77)78)27-28-46(45)62(48)33-11-13-35-82(68,69)70/h15,18-19,21-30,36-37H,5-14,16-17,20,31-35H2,1-4H3,(H,58,64)(H2,56,71,72)(H,59,60,63)(H,65,66,67)(H,68,69,70)(H,73,74,75)(H,76,77,78)/b29-21+,39-22+,48-30+,57-47+. The Hall–Kier alpha value is -6.06. The molecule has 0 spiro atoms. The minimum atomic E-state index is -4.60. The van der Waals surface area contributed by atoms with Crippen molar-refractivity contribution in [1.29, 1.82) is 0 Å². The molecule has 2 heterocycles. The maximum atomic E-state index is 13.6. The number of fused-ring (bicyclic) bond motifs is 1. The van der Waals surface area contributed by atoms with E-state index in [0.717, 1.165) is 19.3 Å². The average molecular weight is 1290 g/mol. The van der Waals surface area contributed by atoms with E-state index in [4.69, 9.17) is 14.9 Å². The lowest BCUT2D eigenvalue weighted by Crippen LogP contribution is -2.29. The van der Waals surface area contributed by atoms with Gasteiger partial charge in [0.15, 0.2) is 0 Å². The van der Waals surface area contributed by atoms with E-state index in [0.29, 0.717) is 114 Å². The Balaban J connectivity index is 1.27. The summed E-state index contributed by atoms with van der Waals surface area (Å²) in [5.41, 5.74) is 3.10. The SMILES string of the molecule is CC(C)(C(/C=C/C1=C(Oc2ccc(S(=O)(=O)O)cc2)C(=C/C=C2/N(CCCCS(=O)(=O)O)c3ccc(S(=O)(=O)O)cc3C2(C)C)/CCC1)=N/CCCCS(=O)(=O)O)c1cccc(C(=O)NCCCCCCCC(=O)Nc2nnc(S(N)(=O)=O)s2)c1. The Labute approximate surface area is 500 Å². The molecule has 24 nitrogen and oxygen atoms in total. The molecule has 8 N–H and O–H groups in total. The zero-order valence-electron chi connectivity index (χ0n) is 47.3. The van der Waals surface area contributed by atoms with Gasteiger partial charge in [-0.3, -0.25) is 32.8 Å². The molecular formula is C55H71N7O17S6. The fourth-order valence-electron chi connectivity index (χ4n) is 9.67. The molecule has 0 bridgehead atoms. The number of benzene rings is 3. The van der Waals surface area contributed by atoms with Crippen molar-refractivity contribution >= 4 is 90.2 Å². The number of carbonyl (C=O) groups is 2. The van der Waals surface area contributed by atoms with Gasteiger partial charge in [-0.1, -0.05) is 82.6 Å². The molecule has 4 aromatic rings. The first-order valence-electron chi connectivity index (χ1n) is 27.1. The second-order valence-electron chi connectivity index (χ2n) is 21.5. The van der Waals surface area contributed by atoms with Crippen LogP contribution >= 0.6 is 11.3 Å². The van der Waals surface area contributed by atoms with Crippen molar-refractivity contribution in [2.75, 3.05) is 41.4 Å². The normalized spacial score (nSPS) is 16.3. The maximum Gasteiger partial charge on any atom is 0.294 e. The minimum Gasteiger partial charge on any atom is -0.457 e. The number of nitrogens with two attached hydrogens (primary N) is 1. The number of aliphatic imine (C=N–C) groups is 1. The number of unbranched alkanes of at least 4 members (excludes halogenated alkanes) is 6. The van der Waals surface area contributed by atoms with E-state index in [2.05, 4.69) is 20.8 Å². The number of primary sulfonamides is 1. The predicted molar refractivity (Wildman–Crippen MR) is 323 cm³/mol. The number of amides is 2. The highest BCUT2D eigenvalue weighted by atomic mass is 32.3. The first kappa shape index (κ1) is 68.1. The van der Waals surface area contributed by atoms with Crippen molar-refractivity contribution in [2.45, 2.75) is 136 Å². The number of hydrogen-bond acceptors (Lipinski definition) is 18. The number of hydrogen-bond donors (Lipinski definition) is 7. The summed E-state index contributed by atoms with van der Waals surface area (Å²) in [5.74, 6) is -0.965. The molecule has 464 valence electrons. The number of nitrogens with zero attached hydrogens (tertiary/aromatic N) is 4. The Morgan fingerprint density at radius 2 is 1.42 bits per heavy atom. The molecule has 1 aliphatic heterocycles. The van der Waals surface area contributed by atoms with Crippen LogP contribution in [0.15, 0.2) is 133 Å². The van der Waals surface area contributed by atoms with Crippen LogP contribution in [0.25, 0.3) is 0 Å². The molecule has 0 saturated carbocycles. The van der Waals surface area contributed by atoms with Gasteiger partial charge in [-0.05, 0) is 147 Å². The summed E-state index contributed by atoms with van der Waals surface area (Å²) < 4.78 is 163. The predicted octanol–water partition coefficient (Wildman–Crippen LogP) is 8.12. The van der Waals surface area contributed by atoms with Crippen LogP contribution in [0.1, 0.15) is 133 Å². The van der Waals surface area contributed by atoms with E-state index >= 15 is 0 Å². The number of nitrogens with one attached hydrogen (secondary N) is 2. The summed E-state index contributed by atoms with van der Waals surface area (Å²) >= 11 is 0.659. The van der Waals surface area contributed by atoms with Gasteiger partial charge in [-0.15, -0.1) is 10.2 Å². The smallest absolute Gasteiger partial charge is 0.294 e. The third-order valence-electron chi connectivity index (χ3n) is 14.2. The Bertz CT molecular complexity index is 3850. The molecule has 0 radical (unpaired) electrons. The summed E-state index contributed by atoms with van der Waals surface area (Å²) in [5, 5.41) is 17.7. The quantitative estimate of drug-likeness (QED) is 0.0112. The van der Waals surface area contributed by atoms with Gasteiger partial charge in [0.25, 0.3) is 56.4 Å². The van der Waals surface area contributed by atoms with Gasteiger partial charge in [-0.2, -0.15) is 33.7 Å². The summed E-state index contributed by atoms with van der Waals surface area (Å²) in [7, 11) is -21.7. The highest BCUT2D eigenvalue weighted by molar-refractivity contribution is 7.91. The van der Waals surface area contributed by atoms with Gasteiger partial charge < -0.3 is 20.3 Å². The van der Waals surface area contributed by atoms with Crippen molar-refractivity contribution < 1.29 is 74.6 Å². The van der Waals surface area contributed by atoms with Gasteiger partial charge >= 0.3 is 0 Å². The molecule has 0 saturated heterocycles. The molecule has 2 amide bonds. The molecule has 3 aromatic carbocycles. The second kappa shape index (κ2) is 28.6. The third kappa shape index (κ3) is 20.0. The van der Waals surface area contributed by atoms with Crippen molar-refractivity contribution in [3.05, 3.63) is 130 Å². The van der Waals surface area contributed by atoms with E-state index in [1.807, 2.05) is 63.0 Å². The first-order valence-corrected chi connectivity index (χ1v) is 35.6. The first-order chi connectivity index (χ1) is 39.6. The maximum absolute atomic E-state index is 13.6. The molecule has 1 aromatic heterocycles. The molecule has 2 aliphatic rings. The fourth-order valence-corrected chi connectivity index (χ4v) is 13.1. The average Bonchev–Trinajstić information content (AvgIpc) is 1.71. The van der Waals surface area contributed by atoms with E-state index in [1.54, 1.807) is 24.3 Å². The molecule has 0 fully saturated rings. The van der Waals surface area contributed by atoms with Crippen LogP contribution in [0.4, 0.5) is 10.8 Å². The lowest BCUT2D eigenvalue weighted by atomic mass is 9.78. The van der Waals surface area contributed by atoms with Gasteiger partial charge in [0.1, 0.15) is 11.5 Å². The van der Waals surface area contributed by atoms with E-state index in [1.165, 1.54) is 36.4 Å². The fraction of sp³-hybridized carbons (Fsp3) is 0.436. The molecule has 1 aliphatic carbocycles. The number of rotatable bonds is 30. The van der Waals surface area contributed by atoms with Crippen molar-refractivity contribution in [2.24, 2.45) is 10.1 Å². The van der Waals surface area contributed by atoms with Gasteiger partial charge in [0, 0.05) is 59.5 Å². The lowest BCUT2D eigenvalue weighted by molar-refractivity contribution is -0.116.